The molecule has 6 heteroatoms. The van der Waals surface area contributed by atoms with Gasteiger partial charge in [-0.15, -0.1) is 0 Å². The molecule has 0 aliphatic heterocycles. The number of aryl methyl sites for hydroxylation is 1. The Balaban J connectivity index is 1.88. The zero-order valence-corrected chi connectivity index (χ0v) is 16.8. The molecule has 0 N–H and O–H groups in total. The van der Waals surface area contributed by atoms with Crippen molar-refractivity contribution in [1.29, 1.82) is 0 Å². The van der Waals surface area contributed by atoms with Gasteiger partial charge in [-0.25, -0.2) is 4.98 Å². The van der Waals surface area contributed by atoms with Crippen molar-refractivity contribution >= 4 is 44.2 Å². The molecule has 26 heavy (non-hydrogen) atoms. The minimum absolute atomic E-state index is 0.0580. The fourth-order valence-corrected chi connectivity index (χ4v) is 4.01. The Morgan fingerprint density at radius 1 is 1.15 bits per heavy atom. The van der Waals surface area contributed by atoms with E-state index in [0.29, 0.717) is 18.0 Å². The number of likely N-dealkylation sites (N-methyl/N-ethyl adjacent to an activating group) is 1. The van der Waals surface area contributed by atoms with E-state index in [4.69, 9.17) is 11.6 Å². The highest BCUT2D eigenvalue weighted by Gasteiger charge is 2.20. The van der Waals surface area contributed by atoms with Crippen molar-refractivity contribution in [3.05, 3.63) is 58.6 Å². The molecule has 0 aliphatic rings. The Morgan fingerprint density at radius 2 is 1.96 bits per heavy atom. The highest BCUT2D eigenvalue weighted by Crippen LogP contribution is 2.31. The van der Waals surface area contributed by atoms with Crippen LogP contribution >= 0.6 is 22.9 Å². The molecule has 136 valence electrons. The smallest absolute Gasteiger partial charge is 0.233 e. The Bertz CT molecular complexity index is 922. The third-order valence-corrected chi connectivity index (χ3v) is 5.36. The number of hydrogen-bond acceptors (Lipinski definition) is 4. The maximum absolute atomic E-state index is 13.0. The largest absolute Gasteiger partial charge is 0.308 e. The van der Waals surface area contributed by atoms with Crippen LogP contribution in [0, 0.1) is 6.92 Å². The Hall–Kier alpha value is -1.95. The van der Waals surface area contributed by atoms with Gasteiger partial charge in [0.1, 0.15) is 0 Å². The summed E-state index contributed by atoms with van der Waals surface area (Å²) in [5.41, 5.74) is 3.05. The van der Waals surface area contributed by atoms with E-state index in [1.807, 2.05) is 57.4 Å². The van der Waals surface area contributed by atoms with Gasteiger partial charge in [0.15, 0.2) is 5.13 Å². The number of nitrogens with zero attached hydrogens (tertiary/aromatic N) is 3. The summed E-state index contributed by atoms with van der Waals surface area (Å²) in [6, 6.07) is 13.7. The molecule has 4 nitrogen and oxygen atoms in total. The van der Waals surface area contributed by atoms with Gasteiger partial charge in [0, 0.05) is 18.1 Å². The summed E-state index contributed by atoms with van der Waals surface area (Å²) in [5, 5.41) is 1.40. The van der Waals surface area contributed by atoms with Gasteiger partial charge in [-0.05, 0) is 44.8 Å². The average Bonchev–Trinajstić information content (AvgIpc) is 2.97. The number of thiazole rings is 1. The lowest BCUT2D eigenvalue weighted by Gasteiger charge is -2.22. The van der Waals surface area contributed by atoms with Crippen molar-refractivity contribution < 1.29 is 4.79 Å². The lowest BCUT2D eigenvalue weighted by atomic mass is 10.1. The highest BCUT2D eigenvalue weighted by molar-refractivity contribution is 7.22. The molecule has 2 aromatic carbocycles. The number of carbonyl (C=O) groups excluding carboxylic acids is 1. The minimum Gasteiger partial charge on any atom is -0.308 e. The molecule has 3 rings (SSSR count). The second-order valence-corrected chi connectivity index (χ2v) is 8.07. The number of benzene rings is 2. The average molecular weight is 388 g/mol. The number of halogens is 1. The summed E-state index contributed by atoms with van der Waals surface area (Å²) in [5.74, 6) is 0.0580. The van der Waals surface area contributed by atoms with Crippen molar-refractivity contribution in [3.63, 3.8) is 0 Å². The monoisotopic (exact) mass is 387 g/mol. The van der Waals surface area contributed by atoms with E-state index in [9.17, 15) is 4.79 Å². The predicted octanol–water partition coefficient (Wildman–Crippen LogP) is 4.40. The van der Waals surface area contributed by atoms with Gasteiger partial charge in [0.25, 0.3) is 0 Å². The number of amides is 1. The number of rotatable bonds is 6. The van der Waals surface area contributed by atoms with E-state index in [0.717, 1.165) is 33.0 Å². The third-order valence-electron chi connectivity index (χ3n) is 4.08. The van der Waals surface area contributed by atoms with Crippen molar-refractivity contribution in [2.75, 3.05) is 32.1 Å². The first-order chi connectivity index (χ1) is 12.4. The topological polar surface area (TPSA) is 36.4 Å². The van der Waals surface area contributed by atoms with Crippen LogP contribution in [-0.4, -0.2) is 43.0 Å². The van der Waals surface area contributed by atoms with E-state index in [1.54, 1.807) is 4.90 Å². The molecule has 0 aliphatic carbocycles. The molecule has 0 saturated heterocycles. The molecular formula is C20H22ClN3OS. The predicted molar refractivity (Wildman–Crippen MR) is 110 cm³/mol. The van der Waals surface area contributed by atoms with Gasteiger partial charge >= 0.3 is 0 Å². The quantitative estimate of drug-likeness (QED) is 0.629. The summed E-state index contributed by atoms with van der Waals surface area (Å²) in [6.07, 6.45) is 0.367. The second-order valence-electron chi connectivity index (χ2n) is 6.62. The zero-order valence-electron chi connectivity index (χ0n) is 15.2. The van der Waals surface area contributed by atoms with Crippen LogP contribution in [0.3, 0.4) is 0 Å². The van der Waals surface area contributed by atoms with Crippen LogP contribution in [0.4, 0.5) is 5.13 Å². The van der Waals surface area contributed by atoms with E-state index in [-0.39, 0.29) is 5.91 Å². The van der Waals surface area contributed by atoms with Crippen LogP contribution in [-0.2, 0) is 11.2 Å². The van der Waals surface area contributed by atoms with E-state index in [1.165, 1.54) is 11.3 Å². The first-order valence-electron chi connectivity index (χ1n) is 8.49. The van der Waals surface area contributed by atoms with Crippen LogP contribution in [0.2, 0.25) is 5.02 Å². The van der Waals surface area contributed by atoms with Crippen molar-refractivity contribution in [3.8, 4) is 0 Å². The van der Waals surface area contributed by atoms with Gasteiger partial charge < -0.3 is 4.90 Å². The fraction of sp³-hybridized carbons (Fsp3) is 0.300. The first kappa shape index (κ1) is 18.8. The summed E-state index contributed by atoms with van der Waals surface area (Å²) in [7, 11) is 4.00. The fourth-order valence-electron chi connectivity index (χ4n) is 2.72. The van der Waals surface area contributed by atoms with Crippen molar-refractivity contribution in [2.45, 2.75) is 13.3 Å². The summed E-state index contributed by atoms with van der Waals surface area (Å²) in [4.78, 5) is 21.5. The van der Waals surface area contributed by atoms with Crippen LogP contribution < -0.4 is 4.90 Å². The molecule has 1 amide bonds. The lowest BCUT2D eigenvalue weighted by Crippen LogP contribution is -2.37. The highest BCUT2D eigenvalue weighted by atomic mass is 35.5. The lowest BCUT2D eigenvalue weighted by molar-refractivity contribution is -0.118. The number of fused-ring (bicyclic) bond motifs is 1. The Kier molecular flexibility index (Phi) is 5.91. The van der Waals surface area contributed by atoms with Crippen LogP contribution in [0.25, 0.3) is 10.2 Å². The maximum Gasteiger partial charge on any atom is 0.233 e. The normalized spacial score (nSPS) is 11.3. The SMILES string of the molecule is Cc1cccc(CC(=O)N(CCN(C)C)c2nc3ccc(Cl)cc3s2)c1. The zero-order chi connectivity index (χ0) is 18.7. The summed E-state index contributed by atoms with van der Waals surface area (Å²) >= 11 is 7.59. The number of anilines is 1. The van der Waals surface area contributed by atoms with Gasteiger partial charge in [-0.3, -0.25) is 9.69 Å². The van der Waals surface area contributed by atoms with Crippen LogP contribution in [0.1, 0.15) is 11.1 Å². The Morgan fingerprint density at radius 3 is 2.69 bits per heavy atom. The molecule has 0 fully saturated rings. The molecule has 3 aromatic rings. The Labute approximate surface area is 163 Å². The first-order valence-corrected chi connectivity index (χ1v) is 9.68. The molecule has 0 spiro atoms. The van der Waals surface area contributed by atoms with E-state index >= 15 is 0 Å². The van der Waals surface area contributed by atoms with E-state index < -0.39 is 0 Å². The van der Waals surface area contributed by atoms with Crippen molar-refractivity contribution in [1.82, 2.24) is 9.88 Å². The molecule has 0 bridgehead atoms. The molecule has 1 aromatic heterocycles. The molecule has 0 unspecified atom stereocenters. The van der Waals surface area contributed by atoms with Gasteiger partial charge in [0.2, 0.25) is 5.91 Å². The second kappa shape index (κ2) is 8.16. The number of hydrogen-bond donors (Lipinski definition) is 0. The maximum atomic E-state index is 13.0. The molecular weight excluding hydrogens is 366 g/mol. The summed E-state index contributed by atoms with van der Waals surface area (Å²) in [6.45, 7) is 3.41. The number of carbonyl (C=O) groups is 1. The molecule has 0 saturated carbocycles. The van der Waals surface area contributed by atoms with Crippen LogP contribution in [0.5, 0.6) is 0 Å². The molecule has 0 atom stereocenters. The number of aromatic nitrogens is 1. The molecule has 0 radical (unpaired) electrons. The molecule has 1 heterocycles. The third kappa shape index (κ3) is 4.61. The van der Waals surface area contributed by atoms with Crippen molar-refractivity contribution in [2.24, 2.45) is 0 Å². The van der Waals surface area contributed by atoms with Gasteiger partial charge in [-0.2, -0.15) is 0 Å². The van der Waals surface area contributed by atoms with Gasteiger partial charge in [-0.1, -0.05) is 52.8 Å². The minimum atomic E-state index is 0.0580. The standard InChI is InChI=1S/C20H22ClN3OS/c1-14-5-4-6-15(11-14)12-19(25)24(10-9-23(2)3)20-22-17-8-7-16(21)13-18(17)26-20/h4-8,11,13H,9-10,12H2,1-3H3. The van der Waals surface area contributed by atoms with Crippen LogP contribution in [0.15, 0.2) is 42.5 Å². The summed E-state index contributed by atoms with van der Waals surface area (Å²) < 4.78 is 0.991. The van der Waals surface area contributed by atoms with Gasteiger partial charge in [0.05, 0.1) is 16.6 Å². The van der Waals surface area contributed by atoms with E-state index in [2.05, 4.69) is 16.0 Å².